The third kappa shape index (κ3) is 32.3. The number of ether oxygens (including phenoxy) is 4. The molecule has 0 saturated carbocycles. The Morgan fingerprint density at radius 2 is 0.333 bits per heavy atom. The Labute approximate surface area is 857 Å². The van der Waals surface area contributed by atoms with Gasteiger partial charge in [-0.25, -0.2) is 0 Å². The molecular formula is C124H152N4O12P4. The van der Waals surface area contributed by atoms with Gasteiger partial charge in [-0.3, -0.25) is 19.2 Å². The van der Waals surface area contributed by atoms with Crippen molar-refractivity contribution in [1.82, 2.24) is 0 Å². The normalized spacial score (nSPS) is 12.1. The van der Waals surface area contributed by atoms with Gasteiger partial charge in [-0.2, -0.15) is 0 Å². The first-order valence-corrected chi connectivity index (χ1v) is 61.1. The van der Waals surface area contributed by atoms with E-state index in [2.05, 4.69) is 49.0 Å². The standard InChI is InChI=1S/C124H152N4O12P4/c1-5-9-13-17-21-25-29-57-77-137-121-97-81-99-87-106(126-118(130)94-142(134,111-65-45-35-46-66-111)112-67-47-36-48-68-112)89-101(122(99)138-78-58-30-26-22-18-14-10-6-2)83-103-91-108(128-120(132)96-144(136,115-73-53-39-54-74-115)116-75-55-40-56-76-116)92-104(124(103)140-80-60-32-28-24-20-16-12-8-4)84-102-90-107(127-119(131)95-143(135,113-69-49-37-50-70-113)114-71-51-38-52-72-114)88-100(123(102)139-79-59-31-27-23-19-15-11-7-3)82-98(121)86-105(85-97)125-117(129)93-141(133,109-61-41-33-42-62-109)110-63-43-34-44-64-110/h33-56,61-76,85-92H,5-32,57-60,77-84,93-96H2,1-4H3,(H,125,129)(H,126,130)(H,127,131)(H,128,132). The fourth-order valence-electron chi connectivity index (χ4n) is 19.8. The van der Waals surface area contributed by atoms with Gasteiger partial charge in [0.2, 0.25) is 23.6 Å². The summed E-state index contributed by atoms with van der Waals surface area (Å²) in [7, 11) is -14.8. The van der Waals surface area contributed by atoms with Gasteiger partial charge in [0.25, 0.3) is 0 Å². The lowest BCUT2D eigenvalue weighted by molar-refractivity contribution is -0.114. The molecule has 4 amide bonds. The van der Waals surface area contributed by atoms with Crippen LogP contribution in [0.15, 0.2) is 291 Å². The van der Waals surface area contributed by atoms with Crippen molar-refractivity contribution in [3.8, 4) is 23.0 Å². The van der Waals surface area contributed by atoms with Crippen molar-refractivity contribution in [2.45, 2.75) is 259 Å². The molecule has 760 valence electrons. The van der Waals surface area contributed by atoms with E-state index in [1.807, 2.05) is 291 Å². The van der Waals surface area contributed by atoms with Crippen LogP contribution >= 0.6 is 28.6 Å². The molecule has 0 radical (unpaired) electrons. The van der Waals surface area contributed by atoms with Crippen LogP contribution in [0.1, 0.15) is 278 Å². The Kier molecular flexibility index (Phi) is 44.3. The molecule has 1 aliphatic carbocycles. The molecular weight excluding hydrogens is 1860 g/mol. The topological polar surface area (TPSA) is 222 Å². The van der Waals surface area contributed by atoms with Crippen LogP contribution in [0.2, 0.25) is 0 Å². The fourth-order valence-corrected chi connectivity index (χ4v) is 29.7. The molecule has 1 aliphatic rings. The molecule has 20 heteroatoms. The first-order chi connectivity index (χ1) is 70.4. The van der Waals surface area contributed by atoms with Crippen molar-refractivity contribution in [1.29, 1.82) is 0 Å². The third-order valence-electron chi connectivity index (χ3n) is 27.5. The number of benzene rings is 12. The summed E-state index contributed by atoms with van der Waals surface area (Å²) >= 11 is 0. The van der Waals surface area contributed by atoms with E-state index >= 15 is 37.4 Å². The van der Waals surface area contributed by atoms with E-state index in [0.29, 0.717) is 185 Å². The van der Waals surface area contributed by atoms with E-state index < -0.39 is 52.2 Å². The van der Waals surface area contributed by atoms with Crippen LogP contribution in [0.5, 0.6) is 23.0 Å². The highest BCUT2D eigenvalue weighted by Gasteiger charge is 2.37. The number of hydrogen-bond donors (Lipinski definition) is 4. The van der Waals surface area contributed by atoms with Gasteiger partial charge in [0, 0.05) is 135 Å². The summed E-state index contributed by atoms with van der Waals surface area (Å²) in [5, 5.41) is 17.7. The van der Waals surface area contributed by atoms with Crippen LogP contribution in [-0.2, 0) is 63.1 Å². The van der Waals surface area contributed by atoms with E-state index in [1.54, 1.807) is 0 Å². The van der Waals surface area contributed by atoms with E-state index in [1.165, 1.54) is 51.4 Å². The average molecular weight is 2010 g/mol. The first kappa shape index (κ1) is 110. The van der Waals surface area contributed by atoms with Gasteiger partial charge >= 0.3 is 0 Å². The van der Waals surface area contributed by atoms with Crippen LogP contribution in [0.4, 0.5) is 22.7 Å². The minimum absolute atomic E-state index is 0.0596. The van der Waals surface area contributed by atoms with E-state index in [-0.39, 0.29) is 50.3 Å². The van der Waals surface area contributed by atoms with Gasteiger partial charge in [0.15, 0.2) is 28.6 Å². The highest BCUT2D eigenvalue weighted by Crippen LogP contribution is 2.50. The Hall–Kier alpha value is -11.4. The lowest BCUT2D eigenvalue weighted by Crippen LogP contribution is -2.26. The Morgan fingerprint density at radius 3 is 0.472 bits per heavy atom. The molecule has 0 atom stereocenters. The van der Waals surface area contributed by atoms with Crippen LogP contribution in [-0.4, -0.2) is 74.7 Å². The highest BCUT2D eigenvalue weighted by molar-refractivity contribution is 7.80. The zero-order valence-electron chi connectivity index (χ0n) is 85.5. The van der Waals surface area contributed by atoms with Gasteiger partial charge < -0.3 is 58.5 Å². The predicted molar refractivity (Wildman–Crippen MR) is 602 cm³/mol. The Balaban J connectivity index is 1.08. The van der Waals surface area contributed by atoms with Crippen LogP contribution in [0, 0.1) is 0 Å². The van der Waals surface area contributed by atoms with Crippen molar-refractivity contribution in [3.05, 3.63) is 336 Å². The van der Waals surface area contributed by atoms with Gasteiger partial charge in [-0.05, 0) is 74.2 Å². The zero-order chi connectivity index (χ0) is 101. The number of fused-ring (bicyclic) bond motifs is 8. The minimum Gasteiger partial charge on any atom is -0.493 e. The van der Waals surface area contributed by atoms with Crippen LogP contribution < -0.4 is 82.7 Å². The van der Waals surface area contributed by atoms with Crippen molar-refractivity contribution in [3.63, 3.8) is 0 Å². The molecule has 0 spiro atoms. The maximum atomic E-state index is 16.2. The van der Waals surface area contributed by atoms with E-state index in [4.69, 9.17) is 18.9 Å². The Bertz CT molecular complexity index is 5200. The average Bonchev–Trinajstić information content (AvgIpc) is 0.767. The Morgan fingerprint density at radius 1 is 0.201 bits per heavy atom. The lowest BCUT2D eigenvalue weighted by Gasteiger charge is -2.26. The summed E-state index contributed by atoms with van der Waals surface area (Å²) in [6.45, 7) is 10.2. The number of rotatable bonds is 60. The summed E-state index contributed by atoms with van der Waals surface area (Å²) in [6.07, 6.45) is 32.2. The smallest absolute Gasteiger partial charge is 0.232 e. The number of hydrogen-bond acceptors (Lipinski definition) is 12. The molecule has 0 aliphatic heterocycles. The molecule has 16 nitrogen and oxygen atoms in total. The van der Waals surface area contributed by atoms with Gasteiger partial charge in [0.05, 0.1) is 51.1 Å². The predicted octanol–water partition coefficient (Wildman–Crippen LogP) is 28.3. The maximum Gasteiger partial charge on any atom is 0.232 e. The maximum absolute atomic E-state index is 16.2. The largest absolute Gasteiger partial charge is 0.493 e. The number of amides is 4. The molecule has 13 rings (SSSR count). The quantitative estimate of drug-likeness (QED) is 0.0207. The number of anilines is 4. The molecule has 8 bridgehead atoms. The summed E-state index contributed by atoms with van der Waals surface area (Å²) < 4.78 is 95.2. The molecule has 0 saturated heterocycles. The SMILES string of the molecule is CCCCCCCCCCOc1c2cc(NC(=O)CP(=O)(c3ccccc3)c3ccccc3)cc1Cc1cc(NC(=O)CP(=O)(c3ccccc3)c3ccccc3)cc(c1OCCCCCCCCCC)Cc1cc(NC(=O)CP(=O)(c3ccccc3)c3ccccc3)cc(c1OCCCCCCCCCC)Cc1cc(NC(=O)CP(=O)(c3ccccc3)c3ccccc3)cc(c1OCCCCCCCCCC)C2. The molecule has 144 heavy (non-hydrogen) atoms. The number of carbonyl (C=O) groups is 4. The van der Waals surface area contributed by atoms with Crippen molar-refractivity contribution < 1.29 is 56.4 Å². The zero-order valence-corrected chi connectivity index (χ0v) is 89.1. The summed E-state index contributed by atoms with van der Waals surface area (Å²) in [6, 6.07) is 89.3. The second-order valence-electron chi connectivity index (χ2n) is 39.0. The van der Waals surface area contributed by atoms with Crippen LogP contribution in [0.3, 0.4) is 0 Å². The summed E-state index contributed by atoms with van der Waals surface area (Å²) in [5.74, 6) is 0.139. The molecule has 0 aromatic heterocycles. The van der Waals surface area contributed by atoms with Gasteiger partial charge in [-0.1, -0.05) is 450 Å². The second-order valence-corrected chi connectivity index (χ2v) is 50.3. The summed E-state index contributed by atoms with van der Waals surface area (Å²) in [5.41, 5.74) is 6.66. The molecule has 0 unspecified atom stereocenters. The molecule has 0 fully saturated rings. The highest BCUT2D eigenvalue weighted by atomic mass is 31.2. The number of unbranched alkanes of at least 4 members (excludes halogenated alkanes) is 28. The second kappa shape index (κ2) is 58.1. The van der Waals surface area contributed by atoms with Crippen molar-refractivity contribution >= 4 is 117 Å². The van der Waals surface area contributed by atoms with E-state index in [0.717, 1.165) is 128 Å². The monoisotopic (exact) mass is 2010 g/mol. The third-order valence-corrected chi connectivity index (χ3v) is 39.4. The first-order valence-electron chi connectivity index (χ1n) is 53.5. The fraction of sp³-hybridized carbons (Fsp3) is 0.387. The molecule has 4 N–H and O–H groups in total. The number of carbonyl (C=O) groups excluding carboxylic acids is 4. The summed E-state index contributed by atoms with van der Waals surface area (Å²) in [4.78, 5) is 63.4. The molecule has 12 aromatic carbocycles. The van der Waals surface area contributed by atoms with Crippen LogP contribution in [0.25, 0.3) is 0 Å². The van der Waals surface area contributed by atoms with Gasteiger partial charge in [-0.15, -0.1) is 0 Å². The molecule has 0 heterocycles. The lowest BCUT2D eigenvalue weighted by atomic mass is 9.90. The van der Waals surface area contributed by atoms with Gasteiger partial charge in [0.1, 0.15) is 23.0 Å². The minimum atomic E-state index is -3.70. The van der Waals surface area contributed by atoms with Crippen molar-refractivity contribution in [2.75, 3.05) is 72.3 Å². The van der Waals surface area contributed by atoms with E-state index in [9.17, 15) is 0 Å². The molecule has 12 aromatic rings. The van der Waals surface area contributed by atoms with Crippen molar-refractivity contribution in [2.24, 2.45) is 0 Å². The number of nitrogens with one attached hydrogen (secondary N) is 4.